The molecule has 0 spiro atoms. The molecular formula is C29H32Cl2N2O5S. The predicted molar refractivity (Wildman–Crippen MR) is 154 cm³/mol. The van der Waals surface area contributed by atoms with Crippen molar-refractivity contribution in [1.82, 2.24) is 9.80 Å². The van der Waals surface area contributed by atoms with E-state index in [0.717, 1.165) is 23.3 Å². The molecule has 208 valence electrons. The van der Waals surface area contributed by atoms with Crippen LogP contribution in [0.15, 0.2) is 53.9 Å². The van der Waals surface area contributed by atoms with Crippen LogP contribution in [0.2, 0.25) is 10.0 Å². The number of rotatable bonds is 12. The lowest BCUT2D eigenvalue weighted by Gasteiger charge is -2.29. The van der Waals surface area contributed by atoms with Crippen molar-refractivity contribution in [2.24, 2.45) is 0 Å². The number of thiophene rings is 1. The minimum Gasteiger partial charge on any atom is -0.493 e. The summed E-state index contributed by atoms with van der Waals surface area (Å²) in [7, 11) is 3.20. The number of carbonyl (C=O) groups excluding carboxylic acids is 2. The maximum absolute atomic E-state index is 13.8. The van der Waals surface area contributed by atoms with Crippen molar-refractivity contribution < 1.29 is 23.8 Å². The van der Waals surface area contributed by atoms with Gasteiger partial charge in [-0.1, -0.05) is 35.3 Å². The SMILES string of the molecule is COc1ccc(CCN(Cc2cccs2)C(=O)CN(CC2CCCO2)C(=O)c2ccc(Cl)cc2Cl)cc1OC. The molecule has 0 N–H and O–H groups in total. The van der Waals surface area contributed by atoms with E-state index in [1.165, 1.54) is 6.07 Å². The predicted octanol–water partition coefficient (Wildman–Crippen LogP) is 5.96. The molecule has 0 bridgehead atoms. The molecule has 2 aromatic carbocycles. The van der Waals surface area contributed by atoms with Crippen molar-refractivity contribution >= 4 is 46.4 Å². The molecule has 7 nitrogen and oxygen atoms in total. The topological polar surface area (TPSA) is 68.3 Å². The van der Waals surface area contributed by atoms with E-state index in [0.29, 0.717) is 54.7 Å². The molecule has 2 amide bonds. The normalized spacial score (nSPS) is 14.7. The van der Waals surface area contributed by atoms with Crippen LogP contribution in [-0.2, 0) is 22.5 Å². The van der Waals surface area contributed by atoms with Gasteiger partial charge in [-0.2, -0.15) is 0 Å². The van der Waals surface area contributed by atoms with Crippen LogP contribution in [0.5, 0.6) is 11.5 Å². The van der Waals surface area contributed by atoms with Gasteiger partial charge in [0.1, 0.15) is 6.54 Å². The van der Waals surface area contributed by atoms with E-state index in [1.54, 1.807) is 47.5 Å². The van der Waals surface area contributed by atoms with Gasteiger partial charge < -0.3 is 24.0 Å². The fraction of sp³-hybridized carbons (Fsp3) is 0.379. The van der Waals surface area contributed by atoms with Gasteiger partial charge in [-0.15, -0.1) is 11.3 Å². The van der Waals surface area contributed by atoms with Gasteiger partial charge in [-0.25, -0.2) is 0 Å². The molecule has 1 aromatic heterocycles. The quantitative estimate of drug-likeness (QED) is 0.260. The van der Waals surface area contributed by atoms with E-state index in [-0.39, 0.29) is 29.5 Å². The van der Waals surface area contributed by atoms with Gasteiger partial charge in [0.05, 0.1) is 37.5 Å². The van der Waals surface area contributed by atoms with E-state index in [9.17, 15) is 9.59 Å². The Bertz CT molecular complexity index is 1260. The first-order valence-corrected chi connectivity index (χ1v) is 14.4. The summed E-state index contributed by atoms with van der Waals surface area (Å²) in [6.45, 7) is 1.79. The molecule has 2 heterocycles. The van der Waals surface area contributed by atoms with Gasteiger partial charge in [0.2, 0.25) is 5.91 Å². The van der Waals surface area contributed by atoms with Gasteiger partial charge >= 0.3 is 0 Å². The van der Waals surface area contributed by atoms with Crippen molar-refractivity contribution in [2.75, 3.05) is 40.5 Å². The minimum atomic E-state index is -0.323. The number of hydrogen-bond donors (Lipinski definition) is 0. The van der Waals surface area contributed by atoms with Crippen LogP contribution in [0.1, 0.15) is 33.6 Å². The molecule has 4 rings (SSSR count). The Kier molecular flexibility index (Phi) is 10.5. The number of methoxy groups -OCH3 is 2. The van der Waals surface area contributed by atoms with E-state index in [2.05, 4.69) is 0 Å². The first-order chi connectivity index (χ1) is 18.9. The third-order valence-electron chi connectivity index (χ3n) is 6.62. The Morgan fingerprint density at radius 2 is 1.87 bits per heavy atom. The Balaban J connectivity index is 1.53. The third-order valence-corrected chi connectivity index (χ3v) is 8.03. The molecule has 1 aliphatic rings. The zero-order valence-electron chi connectivity index (χ0n) is 22.0. The van der Waals surface area contributed by atoms with Crippen LogP contribution in [0.4, 0.5) is 0 Å². The maximum atomic E-state index is 13.8. The second-order valence-electron chi connectivity index (χ2n) is 9.28. The summed E-state index contributed by atoms with van der Waals surface area (Å²) in [4.78, 5) is 31.8. The molecular weight excluding hydrogens is 559 g/mol. The zero-order valence-corrected chi connectivity index (χ0v) is 24.4. The van der Waals surface area contributed by atoms with Gasteiger partial charge in [0, 0.05) is 29.6 Å². The standard InChI is InChI=1S/C29H32Cl2N2O5S/c1-36-26-10-7-20(15-27(26)37-2)11-12-32(18-23-6-4-14-39-23)28(34)19-33(17-22-5-3-13-38-22)29(35)24-9-8-21(30)16-25(24)31/h4,6-10,14-16,22H,3,5,11-13,17-19H2,1-2H3. The second kappa shape index (κ2) is 14.0. The second-order valence-corrected chi connectivity index (χ2v) is 11.2. The first-order valence-electron chi connectivity index (χ1n) is 12.7. The molecule has 1 fully saturated rings. The van der Waals surface area contributed by atoms with Gasteiger partial charge in [0.25, 0.3) is 5.91 Å². The monoisotopic (exact) mass is 590 g/mol. The highest BCUT2D eigenvalue weighted by Crippen LogP contribution is 2.28. The van der Waals surface area contributed by atoms with Gasteiger partial charge in [0.15, 0.2) is 11.5 Å². The Labute approximate surface area is 243 Å². The number of carbonyl (C=O) groups is 2. The minimum absolute atomic E-state index is 0.0883. The van der Waals surface area contributed by atoms with Gasteiger partial charge in [-0.3, -0.25) is 9.59 Å². The summed E-state index contributed by atoms with van der Waals surface area (Å²) in [5, 5.41) is 2.68. The highest BCUT2D eigenvalue weighted by molar-refractivity contribution is 7.09. The number of benzene rings is 2. The molecule has 1 aliphatic heterocycles. The summed E-state index contributed by atoms with van der Waals surface area (Å²) < 4.78 is 16.6. The molecule has 1 unspecified atom stereocenters. The summed E-state index contributed by atoms with van der Waals surface area (Å²) in [5.74, 6) is 0.813. The molecule has 1 atom stereocenters. The molecule has 0 radical (unpaired) electrons. The van der Waals surface area contributed by atoms with E-state index in [1.807, 2.05) is 35.7 Å². The summed E-state index contributed by atoms with van der Waals surface area (Å²) in [6, 6.07) is 14.5. The number of ether oxygens (including phenoxy) is 3. The molecule has 39 heavy (non-hydrogen) atoms. The average Bonchev–Trinajstić information content (AvgIpc) is 3.64. The van der Waals surface area contributed by atoms with Crippen LogP contribution < -0.4 is 9.47 Å². The molecule has 10 heteroatoms. The number of hydrogen-bond acceptors (Lipinski definition) is 6. The molecule has 0 aliphatic carbocycles. The van der Waals surface area contributed by atoms with Crippen LogP contribution in [-0.4, -0.2) is 68.2 Å². The molecule has 3 aromatic rings. The Morgan fingerprint density at radius 1 is 1.05 bits per heavy atom. The lowest BCUT2D eigenvalue weighted by Crippen LogP contribution is -2.46. The molecule has 0 saturated carbocycles. The summed E-state index contributed by atoms with van der Waals surface area (Å²) >= 11 is 14.0. The zero-order chi connectivity index (χ0) is 27.8. The summed E-state index contributed by atoms with van der Waals surface area (Å²) in [5.41, 5.74) is 1.32. The van der Waals surface area contributed by atoms with Crippen LogP contribution >= 0.6 is 34.5 Å². The van der Waals surface area contributed by atoms with E-state index in [4.69, 9.17) is 37.4 Å². The highest BCUT2D eigenvalue weighted by Gasteiger charge is 2.28. The van der Waals surface area contributed by atoms with Crippen molar-refractivity contribution in [1.29, 1.82) is 0 Å². The van der Waals surface area contributed by atoms with Crippen molar-refractivity contribution in [2.45, 2.75) is 31.9 Å². The largest absolute Gasteiger partial charge is 0.493 e. The third kappa shape index (κ3) is 7.88. The summed E-state index contributed by atoms with van der Waals surface area (Å²) in [6.07, 6.45) is 2.26. The molecule has 1 saturated heterocycles. The fourth-order valence-corrected chi connectivity index (χ4v) is 5.74. The first kappa shape index (κ1) is 29.2. The van der Waals surface area contributed by atoms with E-state index < -0.39 is 0 Å². The van der Waals surface area contributed by atoms with Crippen LogP contribution in [0.25, 0.3) is 0 Å². The smallest absolute Gasteiger partial charge is 0.255 e. The lowest BCUT2D eigenvalue weighted by atomic mass is 10.1. The van der Waals surface area contributed by atoms with Gasteiger partial charge in [-0.05, 0) is 66.6 Å². The number of halogens is 2. The van der Waals surface area contributed by atoms with Crippen molar-refractivity contribution in [3.05, 3.63) is 80.0 Å². The van der Waals surface area contributed by atoms with Crippen LogP contribution in [0, 0.1) is 0 Å². The fourth-order valence-electron chi connectivity index (χ4n) is 4.53. The number of amides is 2. The van der Waals surface area contributed by atoms with Crippen molar-refractivity contribution in [3.8, 4) is 11.5 Å². The Hall–Kier alpha value is -2.78. The highest BCUT2D eigenvalue weighted by atomic mass is 35.5. The van der Waals surface area contributed by atoms with Crippen LogP contribution in [0.3, 0.4) is 0 Å². The maximum Gasteiger partial charge on any atom is 0.255 e. The Morgan fingerprint density at radius 3 is 2.54 bits per heavy atom. The van der Waals surface area contributed by atoms with Crippen molar-refractivity contribution in [3.63, 3.8) is 0 Å². The lowest BCUT2D eigenvalue weighted by molar-refractivity contribution is -0.132. The average molecular weight is 592 g/mol. The number of nitrogens with zero attached hydrogens (tertiary/aromatic N) is 2. The van der Waals surface area contributed by atoms with E-state index >= 15 is 0 Å².